The highest BCUT2D eigenvalue weighted by atomic mass is 35.5. The molecular formula is C24H20ClF3N6O2S2. The molecule has 4 aromatic rings. The zero-order valence-electron chi connectivity index (χ0n) is 19.6. The molecule has 38 heavy (non-hydrogen) atoms. The predicted molar refractivity (Wildman–Crippen MR) is 139 cm³/mol. The smallest absolute Gasteiger partial charge is 0.288 e. The van der Waals surface area contributed by atoms with Gasteiger partial charge in [-0.2, -0.15) is 21.3 Å². The number of rotatable bonds is 6. The molecule has 198 valence electrons. The normalized spacial score (nSPS) is 17.1. The van der Waals surface area contributed by atoms with Gasteiger partial charge in [-0.25, -0.2) is 14.4 Å². The van der Waals surface area contributed by atoms with Gasteiger partial charge in [0.2, 0.25) is 5.95 Å². The third-order valence-corrected chi connectivity index (χ3v) is 9.44. The van der Waals surface area contributed by atoms with Crippen LogP contribution in [0, 0.1) is 5.82 Å². The number of aromatic nitrogens is 4. The number of fused-ring (bicyclic) bond motifs is 1. The maximum Gasteiger partial charge on any atom is 0.288 e. The topological polar surface area (TPSA) is 84.2 Å². The zero-order valence-corrected chi connectivity index (χ0v) is 22.0. The van der Waals surface area contributed by atoms with E-state index in [1.165, 1.54) is 24.3 Å². The standard InChI is InChI=1S/C24H20ClF3N6O2S2/c25-18-2-1-3-19-20(18)21(31-34(19)38(35,36)17-6-4-16(5-7-17)37-22(27)28)33-11-10-32(14-24(33)8-9-24)23-29-12-15(26)13-30-23/h1-7,12-13,22H,8-11,14H2. The van der Waals surface area contributed by atoms with Crippen LogP contribution < -0.4 is 9.80 Å². The second-order valence-corrected chi connectivity index (χ2v) is 12.4. The van der Waals surface area contributed by atoms with E-state index < -0.39 is 21.6 Å². The summed E-state index contributed by atoms with van der Waals surface area (Å²) in [5.41, 5.74) is -0.00208. The van der Waals surface area contributed by atoms with E-state index in [1.807, 2.05) is 4.90 Å². The maximum atomic E-state index is 13.7. The molecule has 1 saturated carbocycles. The van der Waals surface area contributed by atoms with Crippen LogP contribution in [0.15, 0.2) is 64.6 Å². The number of piperazine rings is 1. The Morgan fingerprint density at radius 1 is 1.03 bits per heavy atom. The third kappa shape index (κ3) is 4.35. The Labute approximate surface area is 225 Å². The number of benzene rings is 2. The van der Waals surface area contributed by atoms with Crippen molar-refractivity contribution in [3.05, 3.63) is 65.7 Å². The summed E-state index contributed by atoms with van der Waals surface area (Å²) in [6.07, 6.45) is 3.96. The summed E-state index contributed by atoms with van der Waals surface area (Å²) in [6, 6.07) is 10.3. The molecule has 8 nitrogen and oxygen atoms in total. The Hall–Kier alpha value is -3.03. The van der Waals surface area contributed by atoms with E-state index in [2.05, 4.69) is 20.0 Å². The Morgan fingerprint density at radius 3 is 2.39 bits per heavy atom. The summed E-state index contributed by atoms with van der Waals surface area (Å²) >= 11 is 6.94. The number of halogens is 4. The largest absolute Gasteiger partial charge is 0.345 e. The Balaban J connectivity index is 1.38. The van der Waals surface area contributed by atoms with Crippen molar-refractivity contribution < 1.29 is 21.6 Å². The molecule has 2 aromatic heterocycles. The van der Waals surface area contributed by atoms with Crippen molar-refractivity contribution >= 4 is 56.1 Å². The van der Waals surface area contributed by atoms with E-state index in [4.69, 9.17) is 11.6 Å². The van der Waals surface area contributed by atoms with Gasteiger partial charge in [0.25, 0.3) is 15.8 Å². The van der Waals surface area contributed by atoms with E-state index in [1.54, 1.807) is 18.2 Å². The van der Waals surface area contributed by atoms with Crippen LogP contribution in [-0.2, 0) is 10.0 Å². The number of hydrogen-bond acceptors (Lipinski definition) is 8. The van der Waals surface area contributed by atoms with Gasteiger partial charge in [0, 0.05) is 24.5 Å². The van der Waals surface area contributed by atoms with Crippen molar-refractivity contribution in [3.8, 4) is 0 Å². The first-order chi connectivity index (χ1) is 18.2. The molecule has 0 N–H and O–H groups in total. The van der Waals surface area contributed by atoms with Crippen LogP contribution in [0.4, 0.5) is 24.9 Å². The molecule has 2 aromatic carbocycles. The maximum absolute atomic E-state index is 13.7. The summed E-state index contributed by atoms with van der Waals surface area (Å²) in [7, 11) is -4.16. The van der Waals surface area contributed by atoms with Crippen LogP contribution in [0.1, 0.15) is 12.8 Å². The average Bonchev–Trinajstić information content (AvgIpc) is 3.52. The van der Waals surface area contributed by atoms with E-state index in [0.29, 0.717) is 59.1 Å². The molecule has 3 heterocycles. The second kappa shape index (κ2) is 9.31. The van der Waals surface area contributed by atoms with Crippen LogP contribution in [-0.4, -0.2) is 58.5 Å². The first-order valence-electron chi connectivity index (χ1n) is 11.7. The fourth-order valence-electron chi connectivity index (χ4n) is 4.87. The van der Waals surface area contributed by atoms with E-state index >= 15 is 0 Å². The summed E-state index contributed by atoms with van der Waals surface area (Å²) in [4.78, 5) is 12.5. The minimum atomic E-state index is -4.16. The van der Waals surface area contributed by atoms with Crippen molar-refractivity contribution in [2.24, 2.45) is 0 Å². The Morgan fingerprint density at radius 2 is 1.74 bits per heavy atom. The highest BCUT2D eigenvalue weighted by Crippen LogP contribution is 2.49. The molecule has 0 amide bonds. The van der Waals surface area contributed by atoms with Crippen molar-refractivity contribution in [3.63, 3.8) is 0 Å². The molecule has 2 fully saturated rings. The van der Waals surface area contributed by atoms with Crippen molar-refractivity contribution in [1.82, 2.24) is 19.2 Å². The van der Waals surface area contributed by atoms with Gasteiger partial charge < -0.3 is 9.80 Å². The van der Waals surface area contributed by atoms with Crippen LogP contribution >= 0.6 is 23.4 Å². The SMILES string of the molecule is O=S(=O)(c1ccc(SC(F)F)cc1)n1nc(N2CCN(c3ncc(F)cn3)CC23CC3)c2c(Cl)cccc21. The number of hydrogen-bond donors (Lipinski definition) is 0. The highest BCUT2D eigenvalue weighted by molar-refractivity contribution is 7.99. The summed E-state index contributed by atoms with van der Waals surface area (Å²) < 4.78 is 67.0. The second-order valence-electron chi connectivity index (χ2n) is 9.15. The summed E-state index contributed by atoms with van der Waals surface area (Å²) in [6.45, 7) is 1.58. The zero-order chi connectivity index (χ0) is 26.7. The van der Waals surface area contributed by atoms with Gasteiger partial charge in [-0.1, -0.05) is 29.4 Å². The molecule has 1 aliphatic heterocycles. The van der Waals surface area contributed by atoms with Crippen LogP contribution in [0.5, 0.6) is 0 Å². The molecule has 0 unspecified atom stereocenters. The summed E-state index contributed by atoms with van der Waals surface area (Å²) in [5.74, 6) is -2.23. The van der Waals surface area contributed by atoms with Crippen LogP contribution in [0.2, 0.25) is 5.02 Å². The summed E-state index contributed by atoms with van der Waals surface area (Å²) in [5, 5.41) is 5.46. The number of alkyl halides is 2. The fraction of sp³-hybridized carbons (Fsp3) is 0.292. The van der Waals surface area contributed by atoms with Crippen molar-refractivity contribution in [2.45, 2.75) is 33.9 Å². The van der Waals surface area contributed by atoms with Crippen LogP contribution in [0.25, 0.3) is 10.9 Å². The van der Waals surface area contributed by atoms with Crippen molar-refractivity contribution in [2.75, 3.05) is 29.4 Å². The third-order valence-electron chi connectivity index (χ3n) is 6.80. The monoisotopic (exact) mass is 580 g/mol. The fourth-order valence-corrected chi connectivity index (χ4v) is 6.90. The van der Waals surface area contributed by atoms with Gasteiger partial charge in [-0.15, -0.1) is 5.10 Å². The molecule has 2 aliphatic rings. The molecule has 0 atom stereocenters. The van der Waals surface area contributed by atoms with Gasteiger partial charge in [0.1, 0.15) is 0 Å². The van der Waals surface area contributed by atoms with Gasteiger partial charge in [0.05, 0.1) is 38.8 Å². The molecule has 0 radical (unpaired) electrons. The molecule has 14 heteroatoms. The highest BCUT2D eigenvalue weighted by Gasteiger charge is 2.53. The lowest BCUT2D eigenvalue weighted by atomic mass is 10.1. The van der Waals surface area contributed by atoms with Gasteiger partial charge in [-0.3, -0.25) is 0 Å². The first-order valence-corrected chi connectivity index (χ1v) is 14.4. The van der Waals surface area contributed by atoms with Gasteiger partial charge in [0.15, 0.2) is 11.6 Å². The molecule has 6 rings (SSSR count). The quantitative estimate of drug-likeness (QED) is 0.294. The van der Waals surface area contributed by atoms with Crippen LogP contribution in [0.3, 0.4) is 0 Å². The Kier molecular flexibility index (Phi) is 6.19. The Bertz CT molecular complexity index is 1610. The first kappa shape index (κ1) is 25.3. The molecule has 1 aliphatic carbocycles. The molecular weight excluding hydrogens is 561 g/mol. The number of nitrogens with zero attached hydrogens (tertiary/aromatic N) is 6. The van der Waals surface area contributed by atoms with Crippen molar-refractivity contribution in [1.29, 1.82) is 0 Å². The molecule has 1 saturated heterocycles. The predicted octanol–water partition coefficient (Wildman–Crippen LogP) is 5.03. The lowest BCUT2D eigenvalue weighted by Crippen LogP contribution is -2.56. The average molecular weight is 581 g/mol. The lowest BCUT2D eigenvalue weighted by molar-refractivity contribution is 0.252. The minimum Gasteiger partial charge on any atom is -0.345 e. The van der Waals surface area contributed by atoms with E-state index in [9.17, 15) is 21.6 Å². The number of thioether (sulfide) groups is 1. The number of anilines is 2. The minimum absolute atomic E-state index is 0.0774. The van der Waals surface area contributed by atoms with Gasteiger partial charge in [-0.05, 0) is 49.2 Å². The molecule has 0 bridgehead atoms. The lowest BCUT2D eigenvalue weighted by Gasteiger charge is -2.42. The van der Waals surface area contributed by atoms with E-state index in [0.717, 1.165) is 29.3 Å². The molecule has 1 spiro atoms. The van der Waals surface area contributed by atoms with Gasteiger partial charge >= 0.3 is 0 Å². The van der Waals surface area contributed by atoms with E-state index in [-0.39, 0.29) is 15.3 Å².